The van der Waals surface area contributed by atoms with Crippen LogP contribution in [0.2, 0.25) is 0 Å². The van der Waals surface area contributed by atoms with Crippen LogP contribution in [-0.2, 0) is 14.3 Å². The number of benzene rings is 1. The maximum atomic E-state index is 13.3. The second kappa shape index (κ2) is 8.88. The van der Waals surface area contributed by atoms with Crippen LogP contribution in [0, 0.1) is 24.1 Å². The van der Waals surface area contributed by atoms with Crippen LogP contribution in [0.25, 0.3) is 11.1 Å². The Labute approximate surface area is 172 Å². The molecule has 6 nitrogen and oxygen atoms in total. The van der Waals surface area contributed by atoms with E-state index >= 15 is 0 Å². The molecule has 2 rings (SSSR count). The number of hydrogen-bond donors (Lipinski definition) is 1. The third-order valence-corrected chi connectivity index (χ3v) is 4.73. The van der Waals surface area contributed by atoms with Gasteiger partial charge in [-0.1, -0.05) is 12.1 Å². The molecule has 0 radical (unpaired) electrons. The Morgan fingerprint density at radius 2 is 1.86 bits per heavy atom. The normalized spacial score (nSPS) is 11.6. The second-order valence-electron chi connectivity index (χ2n) is 7.05. The molecule has 0 unspecified atom stereocenters. The highest BCUT2D eigenvalue weighted by atomic mass is 32.1. The molecule has 0 saturated heterocycles. The monoisotopic (exact) mass is 416 g/mol. The Hall–Kier alpha value is -3.18. The maximum absolute atomic E-state index is 13.3. The fourth-order valence-electron chi connectivity index (χ4n) is 2.51. The number of thiophene rings is 1. The van der Waals surface area contributed by atoms with Crippen molar-refractivity contribution in [3.8, 4) is 17.2 Å². The average molecular weight is 416 g/mol. The second-order valence-corrected chi connectivity index (χ2v) is 8.28. The minimum atomic E-state index is -0.779. The molecule has 0 fully saturated rings. The summed E-state index contributed by atoms with van der Waals surface area (Å²) in [5, 5.41) is 12.5. The van der Waals surface area contributed by atoms with E-state index in [1.165, 1.54) is 36.8 Å². The summed E-state index contributed by atoms with van der Waals surface area (Å²) in [6, 6.07) is 7.53. The van der Waals surface area contributed by atoms with Gasteiger partial charge in [0.25, 0.3) is 0 Å². The highest BCUT2D eigenvalue weighted by Crippen LogP contribution is 2.40. The van der Waals surface area contributed by atoms with Crippen molar-refractivity contribution in [3.05, 3.63) is 52.3 Å². The van der Waals surface area contributed by atoms with Crippen LogP contribution in [0.1, 0.15) is 36.0 Å². The van der Waals surface area contributed by atoms with E-state index in [1.807, 2.05) is 6.92 Å². The predicted octanol–water partition coefficient (Wildman–Crippen LogP) is 4.81. The van der Waals surface area contributed by atoms with Gasteiger partial charge in [0.15, 0.2) is 5.57 Å². The van der Waals surface area contributed by atoms with Crippen LogP contribution >= 0.6 is 11.3 Å². The van der Waals surface area contributed by atoms with Gasteiger partial charge >= 0.3 is 11.9 Å². The number of esters is 2. The molecule has 0 spiro atoms. The van der Waals surface area contributed by atoms with E-state index in [-0.39, 0.29) is 11.1 Å². The zero-order chi connectivity index (χ0) is 21.8. The summed E-state index contributed by atoms with van der Waals surface area (Å²) in [5.41, 5.74) is 0.475. The maximum Gasteiger partial charge on any atom is 0.350 e. The van der Waals surface area contributed by atoms with E-state index in [0.717, 1.165) is 4.88 Å². The Morgan fingerprint density at radius 1 is 1.24 bits per heavy atom. The summed E-state index contributed by atoms with van der Waals surface area (Å²) in [6.45, 7) is 6.89. The van der Waals surface area contributed by atoms with Gasteiger partial charge in [-0.3, -0.25) is 0 Å². The molecule has 152 valence electrons. The number of nitrogens with zero attached hydrogens (tertiary/aromatic N) is 1. The highest BCUT2D eigenvalue weighted by molar-refractivity contribution is 7.17. The number of halogens is 1. The summed E-state index contributed by atoms with van der Waals surface area (Å²) in [6.07, 6.45) is 1.19. The third kappa shape index (κ3) is 5.42. The fourth-order valence-corrected chi connectivity index (χ4v) is 3.55. The number of hydrogen-bond acceptors (Lipinski definition) is 7. The number of methoxy groups -OCH3 is 1. The molecule has 0 aliphatic rings. The molecular formula is C21H21FN2O4S. The lowest BCUT2D eigenvalue weighted by molar-refractivity contribution is -0.149. The standard InChI is InChI=1S/C21H21FN2O4S/c1-12-16(13-6-8-15(22)9-7-13)17(20(26)27-5)18(29-12)24-11-14(10-23)19(25)28-21(2,3)4/h6-9,11,24H,1-5H3/b14-11+. The number of carbonyl (C=O) groups excluding carboxylic acids is 2. The van der Waals surface area contributed by atoms with Gasteiger partial charge in [-0.05, 0) is 45.4 Å². The van der Waals surface area contributed by atoms with Crippen molar-refractivity contribution >= 4 is 28.3 Å². The van der Waals surface area contributed by atoms with Crippen molar-refractivity contribution in [1.82, 2.24) is 0 Å². The topological polar surface area (TPSA) is 88.4 Å². The van der Waals surface area contributed by atoms with E-state index < -0.39 is 23.4 Å². The lowest BCUT2D eigenvalue weighted by Gasteiger charge is -2.18. The van der Waals surface area contributed by atoms with Crippen LogP contribution < -0.4 is 5.32 Å². The van der Waals surface area contributed by atoms with Crippen molar-refractivity contribution < 1.29 is 23.5 Å². The van der Waals surface area contributed by atoms with Crippen LogP contribution in [0.3, 0.4) is 0 Å². The van der Waals surface area contributed by atoms with Crippen molar-refractivity contribution in [2.75, 3.05) is 12.4 Å². The molecule has 29 heavy (non-hydrogen) atoms. The fraction of sp³-hybridized carbons (Fsp3) is 0.286. The van der Waals surface area contributed by atoms with Crippen molar-refractivity contribution in [3.63, 3.8) is 0 Å². The quantitative estimate of drug-likeness (QED) is 0.427. The molecule has 1 N–H and O–H groups in total. The summed E-state index contributed by atoms with van der Waals surface area (Å²) in [5.74, 6) is -1.77. The third-order valence-electron chi connectivity index (χ3n) is 3.69. The SMILES string of the molecule is COC(=O)c1c(N/C=C(\C#N)C(=O)OC(C)(C)C)sc(C)c1-c1ccc(F)cc1. The Morgan fingerprint density at radius 3 is 2.38 bits per heavy atom. The Bertz CT molecular complexity index is 995. The number of nitriles is 1. The molecule has 1 aromatic carbocycles. The summed E-state index contributed by atoms with van der Waals surface area (Å²) in [4.78, 5) is 25.4. The van der Waals surface area contributed by atoms with Gasteiger partial charge in [-0.15, -0.1) is 11.3 Å². The van der Waals surface area contributed by atoms with Crippen LogP contribution in [0.5, 0.6) is 0 Å². The molecule has 0 bridgehead atoms. The van der Waals surface area contributed by atoms with E-state index in [4.69, 9.17) is 9.47 Å². The first-order chi connectivity index (χ1) is 13.6. The lowest BCUT2D eigenvalue weighted by Crippen LogP contribution is -2.24. The van der Waals surface area contributed by atoms with Crippen LogP contribution in [0.15, 0.2) is 36.0 Å². The van der Waals surface area contributed by atoms with Gasteiger partial charge in [0.1, 0.15) is 28.1 Å². The van der Waals surface area contributed by atoms with Gasteiger partial charge in [-0.25, -0.2) is 14.0 Å². The zero-order valence-electron chi connectivity index (χ0n) is 16.8. The van der Waals surface area contributed by atoms with Crippen LogP contribution in [0.4, 0.5) is 9.39 Å². The molecule has 0 aliphatic heterocycles. The molecule has 0 amide bonds. The van der Waals surface area contributed by atoms with E-state index in [2.05, 4.69) is 5.32 Å². The Balaban J connectivity index is 2.47. The summed E-state index contributed by atoms with van der Waals surface area (Å²) >= 11 is 1.25. The Kier molecular flexibility index (Phi) is 6.77. The number of carbonyl (C=O) groups is 2. The predicted molar refractivity (Wildman–Crippen MR) is 109 cm³/mol. The molecule has 2 aromatic rings. The molecule has 8 heteroatoms. The van der Waals surface area contributed by atoms with Crippen molar-refractivity contribution in [2.24, 2.45) is 0 Å². The number of rotatable bonds is 5. The number of ether oxygens (including phenoxy) is 2. The lowest BCUT2D eigenvalue weighted by atomic mass is 10.0. The molecular weight excluding hydrogens is 395 g/mol. The first kappa shape index (κ1) is 22.1. The van der Waals surface area contributed by atoms with Crippen molar-refractivity contribution in [2.45, 2.75) is 33.3 Å². The molecule has 0 atom stereocenters. The van der Waals surface area contributed by atoms with Gasteiger partial charge in [0.05, 0.1) is 7.11 Å². The number of anilines is 1. The number of aryl methyl sites for hydroxylation is 1. The van der Waals surface area contributed by atoms with Crippen molar-refractivity contribution in [1.29, 1.82) is 5.26 Å². The summed E-state index contributed by atoms with van der Waals surface area (Å²) < 4.78 is 23.4. The largest absolute Gasteiger partial charge is 0.465 e. The minimum absolute atomic E-state index is 0.235. The number of nitrogens with one attached hydrogen (secondary N) is 1. The first-order valence-electron chi connectivity index (χ1n) is 8.65. The molecule has 0 aliphatic carbocycles. The summed E-state index contributed by atoms with van der Waals surface area (Å²) in [7, 11) is 1.25. The van der Waals surface area contributed by atoms with Gasteiger partial charge in [-0.2, -0.15) is 5.26 Å². The highest BCUT2D eigenvalue weighted by Gasteiger charge is 2.25. The van der Waals surface area contributed by atoms with Gasteiger partial charge in [0, 0.05) is 16.6 Å². The van der Waals surface area contributed by atoms with Gasteiger partial charge < -0.3 is 14.8 Å². The molecule has 0 saturated carbocycles. The van der Waals surface area contributed by atoms with Crippen LogP contribution in [-0.4, -0.2) is 24.6 Å². The first-order valence-corrected chi connectivity index (χ1v) is 9.46. The van der Waals surface area contributed by atoms with Gasteiger partial charge in [0.2, 0.25) is 0 Å². The van der Waals surface area contributed by atoms with E-state index in [1.54, 1.807) is 39.0 Å². The smallest absolute Gasteiger partial charge is 0.350 e. The minimum Gasteiger partial charge on any atom is -0.465 e. The molecule has 1 heterocycles. The van der Waals surface area contributed by atoms with E-state index in [0.29, 0.717) is 16.1 Å². The van der Waals surface area contributed by atoms with E-state index in [9.17, 15) is 19.2 Å². The zero-order valence-corrected chi connectivity index (χ0v) is 17.6. The average Bonchev–Trinajstić information content (AvgIpc) is 2.97. The molecule has 1 aromatic heterocycles.